The average molecular weight is 189 g/mol. The van der Waals surface area contributed by atoms with Gasteiger partial charge in [0.05, 0.1) is 0 Å². The van der Waals surface area contributed by atoms with Crippen LogP contribution >= 0.6 is 0 Å². The molecule has 0 saturated carbocycles. The van der Waals surface area contributed by atoms with Crippen molar-refractivity contribution in [2.24, 2.45) is 0 Å². The highest BCUT2D eigenvalue weighted by Crippen LogP contribution is 2.13. The zero-order valence-corrected chi connectivity index (χ0v) is 8.71. The van der Waals surface area contributed by atoms with Crippen LogP contribution in [0.5, 0.6) is 0 Å². The Morgan fingerprint density at radius 3 is 2.79 bits per heavy atom. The molecule has 1 nitrogen and oxygen atoms in total. The van der Waals surface area contributed by atoms with Gasteiger partial charge in [0.25, 0.3) is 0 Å². The van der Waals surface area contributed by atoms with Gasteiger partial charge in [-0.15, -0.1) is 0 Å². The van der Waals surface area contributed by atoms with Crippen LogP contribution in [-0.2, 0) is 6.42 Å². The molecule has 0 radical (unpaired) electrons. The second-order valence-corrected chi connectivity index (χ2v) is 4.17. The van der Waals surface area contributed by atoms with Crippen molar-refractivity contribution in [3.05, 3.63) is 35.9 Å². The van der Waals surface area contributed by atoms with Gasteiger partial charge in [-0.2, -0.15) is 0 Å². The van der Waals surface area contributed by atoms with Crippen molar-refractivity contribution in [2.75, 3.05) is 6.54 Å². The Morgan fingerprint density at radius 2 is 2.07 bits per heavy atom. The molecular formula is C13H19N. The van der Waals surface area contributed by atoms with E-state index in [9.17, 15) is 0 Å². The first-order valence-corrected chi connectivity index (χ1v) is 5.72. The maximum Gasteiger partial charge on any atom is 0.00676 e. The van der Waals surface area contributed by atoms with Crippen LogP contribution in [0.2, 0.25) is 0 Å². The van der Waals surface area contributed by atoms with Crippen LogP contribution in [-0.4, -0.2) is 12.6 Å². The van der Waals surface area contributed by atoms with Gasteiger partial charge in [0.1, 0.15) is 0 Å². The lowest BCUT2D eigenvalue weighted by Crippen LogP contribution is -2.20. The van der Waals surface area contributed by atoms with Crippen molar-refractivity contribution in [1.29, 1.82) is 0 Å². The Balaban J connectivity index is 1.67. The predicted molar refractivity (Wildman–Crippen MR) is 60.4 cm³/mol. The Kier molecular flexibility index (Phi) is 3.58. The number of rotatable bonds is 4. The van der Waals surface area contributed by atoms with E-state index in [1.165, 1.54) is 44.2 Å². The maximum absolute atomic E-state index is 3.54. The van der Waals surface area contributed by atoms with Crippen LogP contribution < -0.4 is 5.32 Å². The average Bonchev–Trinajstić information content (AvgIpc) is 2.72. The summed E-state index contributed by atoms with van der Waals surface area (Å²) in [6.07, 6.45) is 6.65. The first kappa shape index (κ1) is 9.72. The molecule has 0 aromatic heterocycles. The Bertz CT molecular complexity index is 249. The first-order valence-electron chi connectivity index (χ1n) is 5.72. The van der Waals surface area contributed by atoms with E-state index in [1.54, 1.807) is 0 Å². The van der Waals surface area contributed by atoms with Crippen LogP contribution in [0.1, 0.15) is 31.2 Å². The van der Waals surface area contributed by atoms with Crippen molar-refractivity contribution in [1.82, 2.24) is 5.32 Å². The lowest BCUT2D eigenvalue weighted by Gasteiger charge is -2.09. The molecule has 1 aromatic carbocycles. The SMILES string of the molecule is c1ccc(CCC[C@H]2CCCN2)cc1. The number of aryl methyl sites for hydroxylation is 1. The fraction of sp³-hybridized carbons (Fsp3) is 0.538. The molecule has 76 valence electrons. The molecule has 1 aliphatic rings. The summed E-state index contributed by atoms with van der Waals surface area (Å²) in [5.74, 6) is 0. The van der Waals surface area contributed by atoms with Gasteiger partial charge in [-0.3, -0.25) is 0 Å². The molecule has 1 saturated heterocycles. The van der Waals surface area contributed by atoms with Crippen LogP contribution in [0.25, 0.3) is 0 Å². The van der Waals surface area contributed by atoms with Crippen molar-refractivity contribution in [3.8, 4) is 0 Å². The number of nitrogens with one attached hydrogen (secondary N) is 1. The lowest BCUT2D eigenvalue weighted by molar-refractivity contribution is 0.536. The smallest absolute Gasteiger partial charge is 0.00676 e. The van der Waals surface area contributed by atoms with Gasteiger partial charge >= 0.3 is 0 Å². The van der Waals surface area contributed by atoms with Crippen LogP contribution in [0.3, 0.4) is 0 Å². The molecule has 0 aliphatic carbocycles. The summed E-state index contributed by atoms with van der Waals surface area (Å²) in [5.41, 5.74) is 1.48. The minimum atomic E-state index is 0.804. The lowest BCUT2D eigenvalue weighted by atomic mass is 10.0. The van der Waals surface area contributed by atoms with E-state index in [1.807, 2.05) is 0 Å². The summed E-state index contributed by atoms with van der Waals surface area (Å²) in [5, 5.41) is 3.54. The Labute approximate surface area is 86.5 Å². The predicted octanol–water partition coefficient (Wildman–Crippen LogP) is 2.76. The molecule has 1 atom stereocenters. The van der Waals surface area contributed by atoms with Crippen LogP contribution in [0.4, 0.5) is 0 Å². The molecule has 14 heavy (non-hydrogen) atoms. The first-order chi connectivity index (χ1) is 6.95. The Morgan fingerprint density at radius 1 is 1.21 bits per heavy atom. The van der Waals surface area contributed by atoms with E-state index in [0.29, 0.717) is 0 Å². The molecule has 0 spiro atoms. The highest BCUT2D eigenvalue weighted by atomic mass is 14.9. The van der Waals surface area contributed by atoms with E-state index in [-0.39, 0.29) is 0 Å². The summed E-state index contributed by atoms with van der Waals surface area (Å²) in [7, 11) is 0. The highest BCUT2D eigenvalue weighted by molar-refractivity contribution is 5.14. The van der Waals surface area contributed by atoms with Crippen molar-refractivity contribution in [3.63, 3.8) is 0 Å². The number of benzene rings is 1. The summed E-state index contributed by atoms with van der Waals surface area (Å²) in [4.78, 5) is 0. The third-order valence-corrected chi connectivity index (χ3v) is 3.02. The number of hydrogen-bond acceptors (Lipinski definition) is 1. The molecule has 1 aromatic rings. The van der Waals surface area contributed by atoms with Gasteiger partial charge in [0.2, 0.25) is 0 Å². The van der Waals surface area contributed by atoms with Crippen LogP contribution in [0.15, 0.2) is 30.3 Å². The van der Waals surface area contributed by atoms with Gasteiger partial charge in [0.15, 0.2) is 0 Å². The normalized spacial score (nSPS) is 21.3. The standard InChI is InChI=1S/C13H19N/c1-2-6-12(7-3-1)8-4-9-13-10-5-11-14-13/h1-3,6-7,13-14H,4-5,8-11H2/t13-/m0/s1. The van der Waals surface area contributed by atoms with E-state index in [4.69, 9.17) is 0 Å². The third kappa shape index (κ3) is 2.85. The summed E-state index contributed by atoms with van der Waals surface area (Å²) < 4.78 is 0. The summed E-state index contributed by atoms with van der Waals surface area (Å²) in [6.45, 7) is 1.23. The highest BCUT2D eigenvalue weighted by Gasteiger charge is 2.12. The van der Waals surface area contributed by atoms with E-state index >= 15 is 0 Å². The molecule has 2 rings (SSSR count). The fourth-order valence-corrected chi connectivity index (χ4v) is 2.20. The minimum Gasteiger partial charge on any atom is -0.314 e. The molecular weight excluding hydrogens is 170 g/mol. The molecule has 1 heteroatoms. The molecule has 1 fully saturated rings. The maximum atomic E-state index is 3.54. The van der Waals surface area contributed by atoms with Gasteiger partial charge in [-0.1, -0.05) is 30.3 Å². The van der Waals surface area contributed by atoms with E-state index < -0.39 is 0 Å². The second-order valence-electron chi connectivity index (χ2n) is 4.17. The van der Waals surface area contributed by atoms with Gasteiger partial charge in [0, 0.05) is 6.04 Å². The van der Waals surface area contributed by atoms with E-state index in [2.05, 4.69) is 35.6 Å². The quantitative estimate of drug-likeness (QED) is 0.768. The number of hydrogen-bond donors (Lipinski definition) is 1. The largest absolute Gasteiger partial charge is 0.314 e. The third-order valence-electron chi connectivity index (χ3n) is 3.02. The molecule has 1 N–H and O–H groups in total. The van der Waals surface area contributed by atoms with Gasteiger partial charge in [-0.25, -0.2) is 0 Å². The van der Waals surface area contributed by atoms with Gasteiger partial charge < -0.3 is 5.32 Å². The van der Waals surface area contributed by atoms with Crippen molar-refractivity contribution >= 4 is 0 Å². The minimum absolute atomic E-state index is 0.804. The molecule has 0 unspecified atom stereocenters. The Hall–Kier alpha value is -0.820. The zero-order valence-electron chi connectivity index (χ0n) is 8.71. The molecule has 1 aliphatic heterocycles. The fourth-order valence-electron chi connectivity index (χ4n) is 2.20. The van der Waals surface area contributed by atoms with Crippen molar-refractivity contribution in [2.45, 2.75) is 38.1 Å². The van der Waals surface area contributed by atoms with Gasteiger partial charge in [-0.05, 0) is 44.2 Å². The summed E-state index contributed by atoms with van der Waals surface area (Å²) in [6, 6.07) is 11.6. The molecule has 0 bridgehead atoms. The topological polar surface area (TPSA) is 12.0 Å². The summed E-state index contributed by atoms with van der Waals surface area (Å²) >= 11 is 0. The zero-order chi connectivity index (χ0) is 9.64. The molecule has 0 amide bonds. The van der Waals surface area contributed by atoms with Crippen LogP contribution in [0, 0.1) is 0 Å². The molecule has 1 heterocycles. The van der Waals surface area contributed by atoms with E-state index in [0.717, 1.165) is 6.04 Å². The second kappa shape index (κ2) is 5.16. The van der Waals surface area contributed by atoms with Crippen molar-refractivity contribution < 1.29 is 0 Å². The monoisotopic (exact) mass is 189 g/mol.